The topological polar surface area (TPSA) is 199 Å². The van der Waals surface area contributed by atoms with E-state index in [1.54, 1.807) is 48.5 Å². The molecular formula is C48H46Cl2FN5O10. The van der Waals surface area contributed by atoms with Gasteiger partial charge < -0.3 is 27.9 Å². The van der Waals surface area contributed by atoms with Crippen LogP contribution >= 0.6 is 23.2 Å². The van der Waals surface area contributed by atoms with Crippen LogP contribution in [0.15, 0.2) is 112 Å². The van der Waals surface area contributed by atoms with Gasteiger partial charge in [-0.15, -0.1) is 0 Å². The van der Waals surface area contributed by atoms with Gasteiger partial charge in [-0.25, -0.2) is 23.9 Å². The fourth-order valence-electron chi connectivity index (χ4n) is 6.79. The number of nitrogens with zero attached hydrogens (tertiary/aromatic N) is 4. The Bertz CT molecular complexity index is 3060. The molecule has 1 N–H and O–H groups in total. The third kappa shape index (κ3) is 13.2. The molecule has 0 bridgehead atoms. The van der Waals surface area contributed by atoms with Crippen LogP contribution in [-0.4, -0.2) is 72.0 Å². The summed E-state index contributed by atoms with van der Waals surface area (Å²) < 4.78 is 35.1. The van der Waals surface area contributed by atoms with E-state index in [4.69, 9.17) is 60.0 Å². The number of aromatic nitrogens is 2. The van der Waals surface area contributed by atoms with Crippen LogP contribution in [0.25, 0.3) is 67.0 Å². The highest BCUT2D eigenvalue weighted by Gasteiger charge is 2.19. The molecule has 0 atom stereocenters. The molecule has 15 nitrogen and oxygen atoms in total. The van der Waals surface area contributed by atoms with Gasteiger partial charge in [0, 0.05) is 63.8 Å². The minimum atomic E-state index is -0.643. The van der Waals surface area contributed by atoms with Crippen molar-refractivity contribution in [3.8, 4) is 22.9 Å². The lowest BCUT2D eigenvalue weighted by Crippen LogP contribution is -2.36. The van der Waals surface area contributed by atoms with Gasteiger partial charge in [0.15, 0.2) is 11.2 Å². The predicted molar refractivity (Wildman–Crippen MR) is 248 cm³/mol. The van der Waals surface area contributed by atoms with E-state index < -0.39 is 17.1 Å². The largest absolute Gasteiger partial charge is 0.436 e. The van der Waals surface area contributed by atoms with E-state index in [-0.39, 0.29) is 35.2 Å². The van der Waals surface area contributed by atoms with Gasteiger partial charge in [-0.3, -0.25) is 4.90 Å². The number of rotatable bonds is 6. The number of hydrogen-bond donors (Lipinski definition) is 1. The molecule has 2 aliphatic rings. The Morgan fingerprint density at radius 3 is 1.47 bits per heavy atom. The summed E-state index contributed by atoms with van der Waals surface area (Å²) in [6.45, 7) is 16.9. The van der Waals surface area contributed by atoms with E-state index in [9.17, 15) is 14.0 Å². The van der Waals surface area contributed by atoms with Crippen LogP contribution in [-0.2, 0) is 19.2 Å². The van der Waals surface area contributed by atoms with Gasteiger partial charge in [0.05, 0.1) is 0 Å². The third-order valence-electron chi connectivity index (χ3n) is 10.2. The standard InChI is InChI=1S/C19H13ClN2O3.C16H7ClFNO3.C8H19N.C3H7N.2CO2/c20-12-3-5-16-15(9-12)21-18(24-16)14-8-11-2-4-13(22-6-1-7-22)10-17(11)25-19(14)23;17-9-2-4-13-12(6-9)19-15(21-13)11-5-8-1-3-10(18)7-14(8)22-16(11)20;1-6-9(7(2)3)8(4)5;1-2-4-3-1;2*2-1-3/h2-5,8-10H,1,6-7H2;1-7H;7-8H,6H2,1-5H3;4H,1-3H2;;. The lowest BCUT2D eigenvalue weighted by molar-refractivity contribution is -0.193. The van der Waals surface area contributed by atoms with E-state index in [1.807, 2.05) is 18.2 Å². The zero-order valence-corrected chi connectivity index (χ0v) is 38.2. The number of hydrogen-bond acceptors (Lipinski definition) is 15. The fourth-order valence-corrected chi connectivity index (χ4v) is 7.12. The number of oxazole rings is 2. The zero-order chi connectivity index (χ0) is 47.9. The van der Waals surface area contributed by atoms with Crippen molar-refractivity contribution < 1.29 is 41.2 Å². The fraction of sp³-hybridized carbons (Fsp3) is 0.292. The summed E-state index contributed by atoms with van der Waals surface area (Å²) >= 11 is 11.9. The van der Waals surface area contributed by atoms with Crippen LogP contribution in [0.4, 0.5) is 10.1 Å². The minimum Gasteiger partial charge on any atom is -0.436 e. The molecule has 18 heteroatoms. The Hall–Kier alpha value is -6.77. The SMILES string of the molecule is C1CNC1.CCN(C(C)C)C(C)C.O=C=O.O=C=O.O=c1oc2cc(F)ccc2cc1-c1nc2cc(Cl)ccc2o1.O=c1oc2cc(N3CCC3)ccc2cc1-c1nc2cc(Cl)ccc2o1. The van der Waals surface area contributed by atoms with E-state index in [1.165, 1.54) is 38.1 Å². The first-order valence-corrected chi connectivity index (χ1v) is 21.6. The lowest BCUT2D eigenvalue weighted by Gasteiger charge is -2.33. The maximum atomic E-state index is 13.2. The van der Waals surface area contributed by atoms with E-state index in [2.05, 4.69) is 59.7 Å². The zero-order valence-electron chi connectivity index (χ0n) is 36.7. The number of anilines is 1. The van der Waals surface area contributed by atoms with Crippen molar-refractivity contribution >= 4 is 85.3 Å². The molecule has 0 spiro atoms. The second kappa shape index (κ2) is 24.0. The number of halogens is 3. The molecule has 8 aromatic rings. The summed E-state index contributed by atoms with van der Waals surface area (Å²) in [6.07, 6.45) is 3.09. The first kappa shape index (κ1) is 50.2. The molecule has 6 heterocycles. The smallest absolute Gasteiger partial charge is 0.373 e. The molecule has 4 aromatic carbocycles. The Labute approximate surface area is 387 Å². The highest BCUT2D eigenvalue weighted by atomic mass is 35.5. The normalized spacial score (nSPS) is 12.5. The minimum absolute atomic E-state index is 0.136. The van der Waals surface area contributed by atoms with Crippen LogP contribution < -0.4 is 21.5 Å². The maximum Gasteiger partial charge on any atom is 0.373 e. The summed E-state index contributed by atoms with van der Waals surface area (Å²) in [6, 6.07) is 24.7. The Morgan fingerprint density at radius 2 is 1.09 bits per heavy atom. The van der Waals surface area contributed by atoms with Gasteiger partial charge in [-0.05, 0) is 133 Å². The molecule has 0 amide bonds. The molecule has 10 rings (SSSR count). The predicted octanol–water partition coefficient (Wildman–Crippen LogP) is 9.80. The van der Waals surface area contributed by atoms with Gasteiger partial charge in [0.25, 0.3) is 0 Å². The van der Waals surface area contributed by atoms with Crippen LogP contribution in [0.3, 0.4) is 0 Å². The van der Waals surface area contributed by atoms with Gasteiger partial charge in [0.1, 0.15) is 39.1 Å². The Kier molecular flexibility index (Phi) is 18.2. The van der Waals surface area contributed by atoms with Crippen molar-refractivity contribution in [2.75, 3.05) is 37.6 Å². The van der Waals surface area contributed by atoms with Crippen LogP contribution in [0.5, 0.6) is 0 Å². The van der Waals surface area contributed by atoms with Crippen molar-refractivity contribution in [1.82, 2.24) is 20.2 Å². The first-order chi connectivity index (χ1) is 31.7. The summed E-state index contributed by atoms with van der Waals surface area (Å²) in [5, 5.41) is 5.61. The Morgan fingerprint density at radius 1 is 0.652 bits per heavy atom. The maximum absolute atomic E-state index is 13.2. The summed E-state index contributed by atoms with van der Waals surface area (Å²) in [7, 11) is 0. The monoisotopic (exact) mass is 941 g/mol. The third-order valence-corrected chi connectivity index (χ3v) is 10.7. The van der Waals surface area contributed by atoms with Crippen molar-refractivity contribution in [1.29, 1.82) is 0 Å². The average molecular weight is 943 g/mol. The van der Waals surface area contributed by atoms with Crippen LogP contribution in [0, 0.1) is 5.82 Å². The number of carbonyl (C=O) groups excluding carboxylic acids is 4. The number of fused-ring (bicyclic) bond motifs is 4. The number of benzene rings is 4. The van der Waals surface area contributed by atoms with Gasteiger partial charge in [-0.1, -0.05) is 30.1 Å². The molecule has 0 unspecified atom stereocenters. The van der Waals surface area contributed by atoms with Crippen molar-refractivity contribution in [2.45, 2.75) is 59.5 Å². The van der Waals surface area contributed by atoms with Crippen molar-refractivity contribution in [3.63, 3.8) is 0 Å². The molecule has 4 aromatic heterocycles. The van der Waals surface area contributed by atoms with Crippen LogP contribution in [0.2, 0.25) is 10.0 Å². The van der Waals surface area contributed by atoms with E-state index in [0.717, 1.165) is 36.8 Å². The summed E-state index contributed by atoms with van der Waals surface area (Å²) in [5.41, 5.74) is 3.42. The molecule has 344 valence electrons. The molecule has 0 saturated carbocycles. The lowest BCUT2D eigenvalue weighted by atomic mass is 10.1. The average Bonchev–Trinajstić information content (AvgIpc) is 3.84. The van der Waals surface area contributed by atoms with E-state index >= 15 is 0 Å². The van der Waals surface area contributed by atoms with Crippen LogP contribution in [0.1, 0.15) is 47.5 Å². The highest BCUT2D eigenvalue weighted by Crippen LogP contribution is 2.30. The summed E-state index contributed by atoms with van der Waals surface area (Å²) in [5.74, 6) is -0.100. The van der Waals surface area contributed by atoms with Crippen molar-refractivity contribution in [3.05, 3.63) is 122 Å². The molecular weight excluding hydrogens is 896 g/mol. The van der Waals surface area contributed by atoms with Gasteiger partial charge in [-0.2, -0.15) is 19.2 Å². The summed E-state index contributed by atoms with van der Waals surface area (Å²) in [4.78, 5) is 70.3. The molecule has 0 radical (unpaired) electrons. The van der Waals surface area contributed by atoms with Crippen molar-refractivity contribution in [2.24, 2.45) is 0 Å². The second-order valence-electron chi connectivity index (χ2n) is 15.2. The quantitative estimate of drug-likeness (QED) is 0.154. The first-order valence-electron chi connectivity index (χ1n) is 20.8. The molecule has 2 saturated heterocycles. The highest BCUT2D eigenvalue weighted by molar-refractivity contribution is 6.31. The molecule has 66 heavy (non-hydrogen) atoms. The van der Waals surface area contributed by atoms with E-state index in [0.29, 0.717) is 60.9 Å². The number of nitrogens with one attached hydrogen (secondary N) is 1. The molecule has 2 aliphatic heterocycles. The Balaban J connectivity index is 0.000000180. The molecule has 0 aliphatic carbocycles. The second-order valence-corrected chi connectivity index (χ2v) is 16.1. The molecule has 2 fully saturated rings. The van der Waals surface area contributed by atoms with Gasteiger partial charge >= 0.3 is 23.6 Å². The van der Waals surface area contributed by atoms with Gasteiger partial charge in [0.2, 0.25) is 11.8 Å².